The number of aryl methyl sites for hydroxylation is 1. The average Bonchev–Trinajstić information content (AvgIpc) is 2.79. The number of methoxy groups -OCH3 is 1. The molecule has 0 radical (unpaired) electrons. The Morgan fingerprint density at radius 3 is 2.65 bits per heavy atom. The largest absolute Gasteiger partial charge is 0.497 e. The van der Waals surface area contributed by atoms with Crippen molar-refractivity contribution in [1.29, 1.82) is 0 Å². The van der Waals surface area contributed by atoms with E-state index in [1.807, 2.05) is 18.2 Å². The van der Waals surface area contributed by atoms with E-state index in [2.05, 4.69) is 24.5 Å². The lowest BCUT2D eigenvalue weighted by Crippen LogP contribution is -2.43. The molecule has 2 N–H and O–H groups in total. The van der Waals surface area contributed by atoms with Crippen LogP contribution in [0.4, 0.5) is 10.1 Å². The minimum atomic E-state index is -0.480. The number of rotatable bonds is 5. The van der Waals surface area contributed by atoms with E-state index in [0.717, 1.165) is 29.0 Å². The number of ether oxygens (including phenoxy) is 1. The van der Waals surface area contributed by atoms with E-state index < -0.39 is 11.7 Å². The van der Waals surface area contributed by atoms with Gasteiger partial charge in [0.2, 0.25) is 0 Å². The van der Waals surface area contributed by atoms with Gasteiger partial charge in [-0.25, -0.2) is 4.39 Å². The normalized spacial score (nSPS) is 15.3. The van der Waals surface area contributed by atoms with Gasteiger partial charge in [-0.15, -0.1) is 0 Å². The van der Waals surface area contributed by atoms with Crippen LogP contribution in [0.1, 0.15) is 51.3 Å². The number of anilines is 1. The Balaban J connectivity index is 1.61. The van der Waals surface area contributed by atoms with Gasteiger partial charge in [0.05, 0.1) is 7.11 Å². The molecule has 174 valence electrons. The van der Waals surface area contributed by atoms with Gasteiger partial charge in [-0.1, -0.05) is 24.3 Å². The number of hydrogen-bond donors (Lipinski definition) is 2. The number of hydrogen-bond acceptors (Lipinski definition) is 4. The molecule has 5 nitrogen and oxygen atoms in total. The summed E-state index contributed by atoms with van der Waals surface area (Å²) in [6, 6.07) is 16.7. The first kappa shape index (κ1) is 23.2. The second kappa shape index (κ2) is 9.14. The van der Waals surface area contributed by atoms with E-state index >= 15 is 0 Å². The van der Waals surface area contributed by atoms with Crippen LogP contribution in [-0.4, -0.2) is 24.3 Å². The van der Waals surface area contributed by atoms with Gasteiger partial charge in [-0.05, 0) is 74.7 Å². The minimum Gasteiger partial charge on any atom is -0.497 e. The Morgan fingerprint density at radius 2 is 1.88 bits per heavy atom. The van der Waals surface area contributed by atoms with Crippen molar-refractivity contribution < 1.29 is 18.7 Å². The summed E-state index contributed by atoms with van der Waals surface area (Å²) in [5, 5.41) is 6.22. The number of carbonyl (C=O) groups excluding carboxylic acids is 2. The van der Waals surface area contributed by atoms with Crippen LogP contribution in [-0.2, 0) is 6.42 Å². The maximum Gasteiger partial charge on any atom is 0.256 e. The maximum atomic E-state index is 13.6. The van der Waals surface area contributed by atoms with Gasteiger partial charge in [-0.3, -0.25) is 9.59 Å². The second-order valence-electron chi connectivity index (χ2n) is 9.13. The van der Waals surface area contributed by atoms with Gasteiger partial charge < -0.3 is 15.4 Å². The van der Waals surface area contributed by atoms with Crippen LogP contribution in [0, 0.1) is 12.7 Å². The lowest BCUT2D eigenvalue weighted by molar-refractivity contribution is 0.102. The first-order valence-corrected chi connectivity index (χ1v) is 11.0. The van der Waals surface area contributed by atoms with E-state index in [4.69, 9.17) is 4.74 Å². The summed E-state index contributed by atoms with van der Waals surface area (Å²) in [6.45, 7) is 5.91. The molecule has 0 saturated carbocycles. The molecule has 3 aromatic rings. The summed E-state index contributed by atoms with van der Waals surface area (Å²) in [5.74, 6) is -0.397. The minimum absolute atomic E-state index is 0.202. The first-order valence-electron chi connectivity index (χ1n) is 11.0. The van der Waals surface area contributed by atoms with Crippen molar-refractivity contribution in [2.75, 3.05) is 12.4 Å². The molecule has 0 aromatic heterocycles. The van der Waals surface area contributed by atoms with Crippen molar-refractivity contribution in [3.05, 3.63) is 100 Å². The predicted molar refractivity (Wildman–Crippen MR) is 132 cm³/mol. The Kier molecular flexibility index (Phi) is 6.24. The smallest absolute Gasteiger partial charge is 0.256 e. The molecule has 1 amide bonds. The van der Waals surface area contributed by atoms with Gasteiger partial charge >= 0.3 is 0 Å². The third kappa shape index (κ3) is 5.01. The molecular weight excluding hydrogens is 431 g/mol. The summed E-state index contributed by atoms with van der Waals surface area (Å²) in [6.07, 6.45) is 2.40. The van der Waals surface area contributed by atoms with Gasteiger partial charge in [-0.2, -0.15) is 0 Å². The molecule has 4 rings (SSSR count). The number of halogens is 1. The molecule has 6 heteroatoms. The SMILES string of the molecule is COc1ccc2c(c1)C(=CC(=O)c1cccc(NC(=O)c3cc(F)ccc3C)c1)NC(C)(C)C2. The lowest BCUT2D eigenvalue weighted by atomic mass is 9.85. The molecule has 0 spiro atoms. The van der Waals surface area contributed by atoms with E-state index in [1.165, 1.54) is 12.1 Å². The molecule has 1 aliphatic rings. The lowest BCUT2D eigenvalue weighted by Gasteiger charge is -2.35. The monoisotopic (exact) mass is 458 g/mol. The van der Waals surface area contributed by atoms with Crippen LogP contribution in [0.5, 0.6) is 5.75 Å². The highest BCUT2D eigenvalue weighted by Crippen LogP contribution is 2.32. The van der Waals surface area contributed by atoms with Gasteiger partial charge in [0.15, 0.2) is 5.78 Å². The van der Waals surface area contributed by atoms with Crippen LogP contribution in [0.3, 0.4) is 0 Å². The Labute approximate surface area is 198 Å². The fraction of sp³-hybridized carbons (Fsp3) is 0.214. The van der Waals surface area contributed by atoms with E-state index in [0.29, 0.717) is 16.8 Å². The zero-order chi connectivity index (χ0) is 24.5. The highest BCUT2D eigenvalue weighted by atomic mass is 19.1. The Bertz CT molecular complexity index is 1310. The van der Waals surface area contributed by atoms with Gasteiger partial charge in [0.25, 0.3) is 5.91 Å². The van der Waals surface area contributed by atoms with Crippen molar-refractivity contribution in [2.24, 2.45) is 0 Å². The Hall–Kier alpha value is -3.93. The predicted octanol–water partition coefficient (Wildman–Crippen LogP) is 5.54. The fourth-order valence-corrected chi connectivity index (χ4v) is 4.16. The highest BCUT2D eigenvalue weighted by molar-refractivity contribution is 6.10. The van der Waals surface area contributed by atoms with Gasteiger partial charge in [0, 0.05) is 39.7 Å². The molecular formula is C28H27FN2O3. The van der Waals surface area contributed by atoms with E-state index in [9.17, 15) is 14.0 Å². The Morgan fingerprint density at radius 1 is 1.09 bits per heavy atom. The zero-order valence-corrected chi connectivity index (χ0v) is 19.7. The zero-order valence-electron chi connectivity index (χ0n) is 19.7. The van der Waals surface area contributed by atoms with Crippen molar-refractivity contribution in [3.8, 4) is 5.75 Å². The standard InChI is InChI=1S/C28H27FN2O3/c1-17-8-10-20(29)13-23(17)27(33)30-21-7-5-6-18(12-21)26(32)15-25-24-14-22(34-4)11-9-19(24)16-28(2,3)31-25/h5-15,31H,16H2,1-4H3,(H,30,33). The summed E-state index contributed by atoms with van der Waals surface area (Å²) < 4.78 is 19.0. The van der Waals surface area contributed by atoms with E-state index in [1.54, 1.807) is 50.4 Å². The quantitative estimate of drug-likeness (QED) is 0.389. The third-order valence-electron chi connectivity index (χ3n) is 5.84. The number of amides is 1. The molecule has 0 atom stereocenters. The molecule has 1 heterocycles. The van der Waals surface area contributed by atoms with Crippen LogP contribution in [0.2, 0.25) is 0 Å². The van der Waals surface area contributed by atoms with Crippen molar-refractivity contribution in [1.82, 2.24) is 5.32 Å². The van der Waals surface area contributed by atoms with E-state index in [-0.39, 0.29) is 16.9 Å². The number of nitrogens with one attached hydrogen (secondary N) is 2. The fourth-order valence-electron chi connectivity index (χ4n) is 4.16. The number of fused-ring (bicyclic) bond motifs is 1. The van der Waals surface area contributed by atoms with Crippen LogP contribution in [0.25, 0.3) is 5.70 Å². The van der Waals surface area contributed by atoms with Crippen LogP contribution in [0.15, 0.2) is 66.7 Å². The number of allylic oxidation sites excluding steroid dienone is 1. The van der Waals surface area contributed by atoms with Gasteiger partial charge in [0.1, 0.15) is 11.6 Å². The molecule has 34 heavy (non-hydrogen) atoms. The maximum absolute atomic E-state index is 13.6. The second-order valence-corrected chi connectivity index (χ2v) is 9.13. The van der Waals surface area contributed by atoms with Crippen molar-refractivity contribution >= 4 is 23.1 Å². The molecule has 0 aliphatic carbocycles. The van der Waals surface area contributed by atoms with Crippen molar-refractivity contribution in [3.63, 3.8) is 0 Å². The molecule has 0 bridgehead atoms. The average molecular weight is 459 g/mol. The van der Waals surface area contributed by atoms with Crippen molar-refractivity contribution in [2.45, 2.75) is 32.7 Å². The molecule has 0 fully saturated rings. The molecule has 0 saturated heterocycles. The van der Waals surface area contributed by atoms with Crippen LogP contribution >= 0.6 is 0 Å². The summed E-state index contributed by atoms with van der Waals surface area (Å²) in [7, 11) is 1.61. The summed E-state index contributed by atoms with van der Waals surface area (Å²) in [4.78, 5) is 25.8. The number of ketones is 1. The first-order chi connectivity index (χ1) is 16.1. The third-order valence-corrected chi connectivity index (χ3v) is 5.84. The molecule has 1 aliphatic heterocycles. The number of carbonyl (C=O) groups is 2. The molecule has 3 aromatic carbocycles. The topological polar surface area (TPSA) is 67.4 Å². The molecule has 0 unspecified atom stereocenters. The summed E-state index contributed by atoms with van der Waals surface area (Å²) in [5.41, 5.74) is 4.36. The summed E-state index contributed by atoms with van der Waals surface area (Å²) >= 11 is 0. The highest BCUT2D eigenvalue weighted by Gasteiger charge is 2.28. The number of benzene rings is 3. The van der Waals surface area contributed by atoms with Crippen LogP contribution < -0.4 is 15.4 Å².